The molecule has 0 radical (unpaired) electrons. The van der Waals surface area contributed by atoms with E-state index in [1.54, 1.807) is 10.9 Å². The minimum atomic E-state index is -0.0702. The number of carbonyl (C=O) groups is 1. The Kier molecular flexibility index (Phi) is 5.12. The highest BCUT2D eigenvalue weighted by Crippen LogP contribution is 2.26. The van der Waals surface area contributed by atoms with E-state index >= 15 is 0 Å². The molecule has 0 aliphatic carbocycles. The molecule has 0 atom stereocenters. The zero-order valence-corrected chi connectivity index (χ0v) is 16.5. The maximum absolute atomic E-state index is 12.6. The fraction of sp³-hybridized carbons (Fsp3) is 0.136. The fourth-order valence-corrected chi connectivity index (χ4v) is 3.83. The van der Waals surface area contributed by atoms with Gasteiger partial charge in [-0.3, -0.25) is 9.78 Å². The number of pyridine rings is 1. The standard InChI is InChI=1S/C22H20N4OS/c1-15-7-9-17(10-8-15)26-21(13-16(2)25-26)24-22(27)14-28-20-11-12-23-19-6-4-3-5-18(19)20/h3-13H,14H2,1-2H3,(H,24,27). The van der Waals surface area contributed by atoms with Gasteiger partial charge in [0.2, 0.25) is 5.91 Å². The second-order valence-corrected chi connectivity index (χ2v) is 7.60. The highest BCUT2D eigenvalue weighted by atomic mass is 32.2. The average Bonchev–Trinajstić information content (AvgIpc) is 3.07. The smallest absolute Gasteiger partial charge is 0.235 e. The van der Waals surface area contributed by atoms with Gasteiger partial charge in [-0.05, 0) is 38.1 Å². The Morgan fingerprint density at radius 1 is 1.07 bits per heavy atom. The predicted molar refractivity (Wildman–Crippen MR) is 114 cm³/mol. The molecule has 0 saturated carbocycles. The summed E-state index contributed by atoms with van der Waals surface area (Å²) in [7, 11) is 0. The van der Waals surface area contributed by atoms with Crippen LogP contribution in [0.4, 0.5) is 5.82 Å². The van der Waals surface area contributed by atoms with Crippen LogP contribution in [0, 0.1) is 13.8 Å². The van der Waals surface area contributed by atoms with Gasteiger partial charge in [0.05, 0.1) is 22.7 Å². The maximum atomic E-state index is 12.6. The largest absolute Gasteiger partial charge is 0.310 e. The highest BCUT2D eigenvalue weighted by molar-refractivity contribution is 8.00. The number of amides is 1. The Labute approximate surface area is 167 Å². The number of rotatable bonds is 5. The number of carbonyl (C=O) groups excluding carboxylic acids is 1. The molecule has 0 aliphatic heterocycles. The van der Waals surface area contributed by atoms with E-state index in [4.69, 9.17) is 0 Å². The number of para-hydroxylation sites is 1. The molecule has 28 heavy (non-hydrogen) atoms. The zero-order chi connectivity index (χ0) is 19.5. The van der Waals surface area contributed by atoms with Crippen molar-refractivity contribution in [3.63, 3.8) is 0 Å². The van der Waals surface area contributed by atoms with Crippen molar-refractivity contribution >= 4 is 34.4 Å². The van der Waals surface area contributed by atoms with Crippen LogP contribution in [-0.2, 0) is 4.79 Å². The number of nitrogens with one attached hydrogen (secondary N) is 1. The summed E-state index contributed by atoms with van der Waals surface area (Å²) in [5, 5.41) is 8.56. The number of aromatic nitrogens is 3. The molecule has 2 heterocycles. The van der Waals surface area contributed by atoms with Gasteiger partial charge in [0.25, 0.3) is 0 Å². The van der Waals surface area contributed by atoms with Crippen LogP contribution in [0.5, 0.6) is 0 Å². The summed E-state index contributed by atoms with van der Waals surface area (Å²) >= 11 is 1.51. The molecule has 0 bridgehead atoms. The van der Waals surface area contributed by atoms with E-state index in [0.29, 0.717) is 11.6 Å². The zero-order valence-electron chi connectivity index (χ0n) is 15.7. The lowest BCUT2D eigenvalue weighted by Gasteiger charge is -2.10. The summed E-state index contributed by atoms with van der Waals surface area (Å²) in [5.41, 5.74) is 3.88. The monoisotopic (exact) mass is 388 g/mol. The van der Waals surface area contributed by atoms with Gasteiger partial charge in [-0.15, -0.1) is 11.8 Å². The minimum Gasteiger partial charge on any atom is -0.310 e. The predicted octanol–water partition coefficient (Wildman–Crippen LogP) is 4.77. The Bertz CT molecular complexity index is 1130. The molecule has 140 valence electrons. The van der Waals surface area contributed by atoms with Crippen LogP contribution in [-0.4, -0.2) is 26.4 Å². The molecule has 0 fully saturated rings. The fourth-order valence-electron chi connectivity index (χ4n) is 2.99. The van der Waals surface area contributed by atoms with Crippen molar-refractivity contribution in [3.05, 3.63) is 78.1 Å². The third-order valence-corrected chi connectivity index (χ3v) is 5.42. The third-order valence-electron chi connectivity index (χ3n) is 4.35. The van der Waals surface area contributed by atoms with Crippen molar-refractivity contribution in [2.75, 3.05) is 11.1 Å². The number of aryl methyl sites for hydroxylation is 2. The van der Waals surface area contributed by atoms with E-state index in [2.05, 4.69) is 15.4 Å². The number of thioether (sulfide) groups is 1. The average molecular weight is 388 g/mol. The summed E-state index contributed by atoms with van der Waals surface area (Å²) in [4.78, 5) is 18.0. The number of hydrogen-bond acceptors (Lipinski definition) is 4. The first kappa shape index (κ1) is 18.3. The number of anilines is 1. The number of benzene rings is 2. The van der Waals surface area contributed by atoms with Crippen molar-refractivity contribution < 1.29 is 4.79 Å². The number of nitrogens with zero attached hydrogens (tertiary/aromatic N) is 3. The van der Waals surface area contributed by atoms with Gasteiger partial charge >= 0.3 is 0 Å². The van der Waals surface area contributed by atoms with Crippen LogP contribution in [0.1, 0.15) is 11.3 Å². The first-order chi connectivity index (χ1) is 13.6. The van der Waals surface area contributed by atoms with Crippen LogP contribution >= 0.6 is 11.8 Å². The van der Waals surface area contributed by atoms with E-state index in [-0.39, 0.29) is 5.91 Å². The van der Waals surface area contributed by atoms with Crippen LogP contribution in [0.3, 0.4) is 0 Å². The first-order valence-electron chi connectivity index (χ1n) is 9.00. The van der Waals surface area contributed by atoms with Crippen molar-refractivity contribution in [1.82, 2.24) is 14.8 Å². The van der Waals surface area contributed by atoms with E-state index in [1.165, 1.54) is 17.3 Å². The molecule has 4 aromatic rings. The molecule has 0 saturated heterocycles. The molecular formula is C22H20N4OS. The van der Waals surface area contributed by atoms with Crippen molar-refractivity contribution in [1.29, 1.82) is 0 Å². The van der Waals surface area contributed by atoms with Crippen LogP contribution in [0.25, 0.3) is 16.6 Å². The summed E-state index contributed by atoms with van der Waals surface area (Å²) in [5.74, 6) is 0.914. The molecular weight excluding hydrogens is 368 g/mol. The lowest BCUT2D eigenvalue weighted by atomic mass is 10.2. The highest BCUT2D eigenvalue weighted by Gasteiger charge is 2.12. The van der Waals surface area contributed by atoms with E-state index in [9.17, 15) is 4.79 Å². The molecule has 1 amide bonds. The molecule has 1 N–H and O–H groups in total. The summed E-state index contributed by atoms with van der Waals surface area (Å²) < 4.78 is 1.76. The topological polar surface area (TPSA) is 59.8 Å². The van der Waals surface area contributed by atoms with Gasteiger partial charge in [-0.25, -0.2) is 4.68 Å². The van der Waals surface area contributed by atoms with Crippen LogP contribution in [0.15, 0.2) is 71.8 Å². The first-order valence-corrected chi connectivity index (χ1v) is 9.99. The Morgan fingerprint density at radius 2 is 1.86 bits per heavy atom. The van der Waals surface area contributed by atoms with Gasteiger partial charge in [0.15, 0.2) is 0 Å². The quantitative estimate of drug-likeness (QED) is 0.501. The summed E-state index contributed by atoms with van der Waals surface area (Å²) in [6.45, 7) is 3.96. The van der Waals surface area contributed by atoms with Gasteiger partial charge in [-0.1, -0.05) is 35.9 Å². The molecule has 4 rings (SSSR count). The third kappa shape index (κ3) is 3.92. The van der Waals surface area contributed by atoms with E-state index < -0.39 is 0 Å². The normalized spacial score (nSPS) is 10.9. The van der Waals surface area contributed by atoms with E-state index in [1.807, 2.05) is 74.5 Å². The van der Waals surface area contributed by atoms with E-state index in [0.717, 1.165) is 27.2 Å². The minimum absolute atomic E-state index is 0.0702. The van der Waals surface area contributed by atoms with Crippen molar-refractivity contribution in [2.45, 2.75) is 18.7 Å². The Balaban J connectivity index is 1.49. The molecule has 2 aromatic carbocycles. The second kappa shape index (κ2) is 7.86. The van der Waals surface area contributed by atoms with Crippen LogP contribution in [0.2, 0.25) is 0 Å². The number of fused-ring (bicyclic) bond motifs is 1. The molecule has 0 aliphatic rings. The van der Waals surface area contributed by atoms with Gasteiger partial charge in [0, 0.05) is 22.5 Å². The summed E-state index contributed by atoms with van der Waals surface area (Å²) in [6, 6.07) is 19.8. The molecule has 6 heteroatoms. The Hall–Kier alpha value is -3.12. The Morgan fingerprint density at radius 3 is 2.68 bits per heavy atom. The van der Waals surface area contributed by atoms with Gasteiger partial charge in [0.1, 0.15) is 5.82 Å². The molecule has 5 nitrogen and oxygen atoms in total. The lowest BCUT2D eigenvalue weighted by molar-refractivity contribution is -0.113. The number of hydrogen-bond donors (Lipinski definition) is 1. The second-order valence-electron chi connectivity index (χ2n) is 6.58. The molecule has 0 spiro atoms. The SMILES string of the molecule is Cc1ccc(-n2nc(C)cc2NC(=O)CSc2ccnc3ccccc23)cc1. The maximum Gasteiger partial charge on any atom is 0.235 e. The van der Waals surface area contributed by atoms with Crippen molar-refractivity contribution in [2.24, 2.45) is 0 Å². The molecule has 0 unspecified atom stereocenters. The van der Waals surface area contributed by atoms with Gasteiger partial charge < -0.3 is 5.32 Å². The lowest BCUT2D eigenvalue weighted by Crippen LogP contribution is -2.17. The molecule has 2 aromatic heterocycles. The van der Waals surface area contributed by atoms with Crippen molar-refractivity contribution in [3.8, 4) is 5.69 Å². The van der Waals surface area contributed by atoms with Crippen LogP contribution < -0.4 is 5.32 Å². The summed E-state index contributed by atoms with van der Waals surface area (Å²) in [6.07, 6.45) is 1.78. The van der Waals surface area contributed by atoms with Gasteiger partial charge in [-0.2, -0.15) is 5.10 Å².